The maximum atomic E-state index is 12.5. The number of benzene rings is 2. The third kappa shape index (κ3) is 4.82. The molecule has 0 fully saturated rings. The molecule has 4 heterocycles. The summed E-state index contributed by atoms with van der Waals surface area (Å²) in [6.07, 6.45) is 2.37. The molecule has 0 bridgehead atoms. The van der Waals surface area contributed by atoms with E-state index in [1.807, 2.05) is 50.2 Å². The van der Waals surface area contributed by atoms with Crippen molar-refractivity contribution in [1.29, 1.82) is 0 Å². The first-order chi connectivity index (χ1) is 19.7. The molecule has 3 N–H and O–H groups in total. The smallest absolute Gasteiger partial charge is 0.338 e. The van der Waals surface area contributed by atoms with Crippen LogP contribution in [0.3, 0.4) is 0 Å². The number of aromatic amines is 2. The van der Waals surface area contributed by atoms with Crippen LogP contribution in [0.15, 0.2) is 46.9 Å². The number of H-pyrrole nitrogens is 2. The van der Waals surface area contributed by atoms with E-state index in [1.54, 1.807) is 13.8 Å². The molecule has 2 aromatic carbocycles. The van der Waals surface area contributed by atoms with Crippen molar-refractivity contribution in [1.82, 2.24) is 20.2 Å². The van der Waals surface area contributed by atoms with Gasteiger partial charge in [-0.1, -0.05) is 40.2 Å². The van der Waals surface area contributed by atoms with Gasteiger partial charge in [0.2, 0.25) is 6.41 Å². The van der Waals surface area contributed by atoms with Crippen LogP contribution >= 0.6 is 15.9 Å². The summed E-state index contributed by atoms with van der Waals surface area (Å²) in [5.74, 6) is -0.629. The summed E-state index contributed by atoms with van der Waals surface area (Å²) in [6.45, 7) is 9.17. The molecule has 0 spiro atoms. The Kier molecular flexibility index (Phi) is 7.98. The highest BCUT2D eigenvalue weighted by Gasteiger charge is 2.48. The molecule has 10 heteroatoms. The lowest BCUT2D eigenvalue weighted by molar-refractivity contribution is -0.161. The summed E-state index contributed by atoms with van der Waals surface area (Å²) in [5.41, 5.74) is 4.13. The predicted octanol–water partition coefficient (Wildman–Crippen LogP) is 4.82. The van der Waals surface area contributed by atoms with Gasteiger partial charge in [-0.2, -0.15) is 0 Å². The second-order valence-corrected chi connectivity index (χ2v) is 11.5. The third-order valence-corrected chi connectivity index (χ3v) is 8.68. The van der Waals surface area contributed by atoms with Gasteiger partial charge in [0, 0.05) is 39.4 Å². The van der Waals surface area contributed by atoms with Gasteiger partial charge in [0.15, 0.2) is 11.1 Å². The fourth-order valence-corrected chi connectivity index (χ4v) is 6.37. The van der Waals surface area contributed by atoms with Crippen LogP contribution in [0, 0.1) is 0 Å². The van der Waals surface area contributed by atoms with Gasteiger partial charge in [0.05, 0.1) is 24.6 Å². The molecule has 41 heavy (non-hydrogen) atoms. The molecule has 9 nitrogen and oxygen atoms in total. The molecule has 2 unspecified atom stereocenters. The number of nitrogens with one attached hydrogen (secondary N) is 3. The first-order valence-corrected chi connectivity index (χ1v) is 14.7. The number of hydrogen-bond donors (Lipinski definition) is 3. The fourth-order valence-electron chi connectivity index (χ4n) is 6.01. The monoisotopic (exact) mass is 622 g/mol. The number of rotatable bonds is 5. The summed E-state index contributed by atoms with van der Waals surface area (Å²) in [5, 5.41) is 5.58. The van der Waals surface area contributed by atoms with Crippen molar-refractivity contribution in [2.24, 2.45) is 0 Å². The molecule has 0 aliphatic carbocycles. The summed E-state index contributed by atoms with van der Waals surface area (Å²) < 4.78 is 11.5. The first kappa shape index (κ1) is 28.9. The number of aromatic nitrogens is 2. The molecule has 4 aromatic rings. The number of nitrogens with zero attached hydrogens (tertiary/aromatic N) is 1. The maximum absolute atomic E-state index is 12.5. The zero-order chi connectivity index (χ0) is 29.4. The van der Waals surface area contributed by atoms with Crippen molar-refractivity contribution in [3.8, 4) is 0 Å². The summed E-state index contributed by atoms with van der Waals surface area (Å²) in [7, 11) is 0. The van der Waals surface area contributed by atoms with Gasteiger partial charge in [-0.3, -0.25) is 10.1 Å². The highest BCUT2D eigenvalue weighted by molar-refractivity contribution is 9.10. The Bertz CT molecular complexity index is 1630. The predicted molar refractivity (Wildman–Crippen MR) is 160 cm³/mol. The molecular weight excluding hydrogens is 588 g/mol. The van der Waals surface area contributed by atoms with E-state index in [9.17, 15) is 14.4 Å². The van der Waals surface area contributed by atoms with Gasteiger partial charge >= 0.3 is 11.9 Å². The normalized spacial score (nSPS) is 21.4. The lowest BCUT2D eigenvalue weighted by Crippen LogP contribution is -2.53. The van der Waals surface area contributed by atoms with Crippen molar-refractivity contribution in [2.75, 3.05) is 26.3 Å². The summed E-state index contributed by atoms with van der Waals surface area (Å²) >= 11 is 3.48. The van der Waals surface area contributed by atoms with Crippen LogP contribution in [0.5, 0.6) is 0 Å². The number of ether oxygens (including phenoxy) is 2. The van der Waals surface area contributed by atoms with E-state index in [0.717, 1.165) is 63.6 Å². The van der Waals surface area contributed by atoms with Crippen LogP contribution < -0.4 is 5.32 Å². The lowest BCUT2D eigenvalue weighted by Gasteiger charge is -2.40. The van der Waals surface area contributed by atoms with Gasteiger partial charge in [-0.25, -0.2) is 9.59 Å². The van der Waals surface area contributed by atoms with E-state index < -0.39 is 17.0 Å². The SMILES string of the molecule is CCOC(=O)C1(C)NCCc2c1[nH]c1cc(Br)ccc21.CCOC(=O)C1(C)c2[nH]c3ccccc3c2CCN1C=O. The molecule has 1 amide bonds. The Morgan fingerprint density at radius 1 is 0.927 bits per heavy atom. The van der Waals surface area contributed by atoms with Crippen LogP contribution in [0.2, 0.25) is 0 Å². The zero-order valence-electron chi connectivity index (χ0n) is 23.7. The molecule has 2 atom stereocenters. The van der Waals surface area contributed by atoms with Gasteiger partial charge in [-0.15, -0.1) is 0 Å². The van der Waals surface area contributed by atoms with Crippen molar-refractivity contribution < 1.29 is 23.9 Å². The molecule has 0 saturated carbocycles. The fraction of sp³-hybridized carbons (Fsp3) is 0.387. The highest BCUT2D eigenvalue weighted by atomic mass is 79.9. The molecule has 2 aliphatic rings. The van der Waals surface area contributed by atoms with E-state index in [4.69, 9.17) is 9.47 Å². The molecule has 2 aromatic heterocycles. The minimum Gasteiger partial charge on any atom is -0.464 e. The van der Waals surface area contributed by atoms with Crippen LogP contribution in [0.25, 0.3) is 21.8 Å². The number of para-hydroxylation sites is 1. The van der Waals surface area contributed by atoms with E-state index in [2.05, 4.69) is 37.3 Å². The highest BCUT2D eigenvalue weighted by Crippen LogP contribution is 2.39. The van der Waals surface area contributed by atoms with Gasteiger partial charge in [0.1, 0.15) is 0 Å². The molecule has 6 rings (SSSR count). The molecule has 0 radical (unpaired) electrons. The first-order valence-electron chi connectivity index (χ1n) is 13.9. The minimum atomic E-state index is -1.09. The lowest BCUT2D eigenvalue weighted by atomic mass is 9.87. The third-order valence-electron chi connectivity index (χ3n) is 8.18. The summed E-state index contributed by atoms with van der Waals surface area (Å²) in [4.78, 5) is 44.4. The number of fused-ring (bicyclic) bond motifs is 6. The number of esters is 2. The van der Waals surface area contributed by atoms with Crippen molar-refractivity contribution in [2.45, 2.75) is 51.6 Å². The largest absolute Gasteiger partial charge is 0.464 e. The molecular formula is C31H35BrN4O5. The Morgan fingerprint density at radius 2 is 1.59 bits per heavy atom. The number of amides is 1. The Hall–Kier alpha value is -3.63. The Morgan fingerprint density at radius 3 is 2.32 bits per heavy atom. The molecule has 2 aliphatic heterocycles. The molecule has 216 valence electrons. The topological polar surface area (TPSA) is 117 Å². The average molecular weight is 624 g/mol. The van der Waals surface area contributed by atoms with E-state index in [0.29, 0.717) is 13.2 Å². The van der Waals surface area contributed by atoms with Crippen molar-refractivity contribution >= 4 is 56.1 Å². The number of carbonyl (C=O) groups excluding carboxylic acids is 3. The van der Waals surface area contributed by atoms with Crippen LogP contribution in [0.4, 0.5) is 0 Å². The van der Waals surface area contributed by atoms with E-state index in [1.165, 1.54) is 15.8 Å². The van der Waals surface area contributed by atoms with Crippen molar-refractivity contribution in [3.05, 3.63) is 69.5 Å². The number of carbonyl (C=O) groups is 3. The minimum absolute atomic E-state index is 0.230. The summed E-state index contributed by atoms with van der Waals surface area (Å²) in [6, 6.07) is 14.1. The van der Waals surface area contributed by atoms with Gasteiger partial charge < -0.3 is 24.3 Å². The molecule has 0 saturated heterocycles. The standard InChI is InChI=1S/C16H18N2O3.C15H17BrN2O2/c1-3-21-15(20)16(2)14-12(8-9-18(16)10-19)11-6-4-5-7-13(11)17-14;1-3-20-14(19)15(2)13-11(6-7-17-15)10-5-4-9(16)8-12(10)18-13/h4-7,10,17H,3,8-9H2,1-2H3;4-5,8,17-18H,3,6-7H2,1-2H3. The maximum Gasteiger partial charge on any atom is 0.338 e. The number of halogens is 1. The van der Waals surface area contributed by atoms with Crippen LogP contribution in [-0.2, 0) is 47.8 Å². The van der Waals surface area contributed by atoms with Gasteiger partial charge in [-0.05, 0) is 69.9 Å². The van der Waals surface area contributed by atoms with Crippen LogP contribution in [-0.4, -0.2) is 59.5 Å². The quantitative estimate of drug-likeness (QED) is 0.217. The second-order valence-electron chi connectivity index (χ2n) is 10.6. The Balaban J connectivity index is 0.000000165. The number of hydrogen-bond acceptors (Lipinski definition) is 6. The second kappa shape index (κ2) is 11.3. The van der Waals surface area contributed by atoms with E-state index in [-0.39, 0.29) is 12.6 Å². The average Bonchev–Trinajstić information content (AvgIpc) is 3.53. The Labute approximate surface area is 247 Å². The van der Waals surface area contributed by atoms with Crippen LogP contribution in [0.1, 0.15) is 50.2 Å². The zero-order valence-corrected chi connectivity index (χ0v) is 25.3. The van der Waals surface area contributed by atoms with Gasteiger partial charge in [0.25, 0.3) is 0 Å². The van der Waals surface area contributed by atoms with E-state index >= 15 is 0 Å². The van der Waals surface area contributed by atoms with Crippen molar-refractivity contribution in [3.63, 3.8) is 0 Å².